The maximum atomic E-state index is 13.0. The highest BCUT2D eigenvalue weighted by molar-refractivity contribution is 5.99. The Balaban J connectivity index is 1.41. The van der Waals surface area contributed by atoms with Crippen LogP contribution >= 0.6 is 0 Å². The van der Waals surface area contributed by atoms with E-state index in [1.165, 1.54) is 48.7 Å². The van der Waals surface area contributed by atoms with Gasteiger partial charge in [0.25, 0.3) is 17.3 Å². The molecule has 3 aromatic heterocycles. The molecular formula is C22H14N10O7. The molecule has 3 heterocycles. The Kier molecular flexibility index (Phi) is 6.27. The summed E-state index contributed by atoms with van der Waals surface area (Å²) >= 11 is 0. The summed E-state index contributed by atoms with van der Waals surface area (Å²) in [6, 6.07) is 14.4. The third-order valence-electron chi connectivity index (χ3n) is 5.24. The second kappa shape index (κ2) is 10.0. The summed E-state index contributed by atoms with van der Waals surface area (Å²) in [5.41, 5.74) is 8.15. The zero-order valence-corrected chi connectivity index (χ0v) is 19.4. The number of carbonyl (C=O) groups is 1. The predicted octanol–water partition coefficient (Wildman–Crippen LogP) is 2.74. The van der Waals surface area contributed by atoms with Gasteiger partial charge >= 0.3 is 0 Å². The van der Waals surface area contributed by atoms with Crippen molar-refractivity contribution >= 4 is 29.3 Å². The summed E-state index contributed by atoms with van der Waals surface area (Å²) < 4.78 is 11.3. The van der Waals surface area contributed by atoms with Crippen molar-refractivity contribution < 1.29 is 23.7 Å². The number of nitrogens with one attached hydrogen (secondary N) is 1. The molecular weight excluding hydrogens is 516 g/mol. The van der Waals surface area contributed by atoms with Crippen LogP contribution in [0.2, 0.25) is 0 Å². The Labute approximate surface area is 215 Å². The number of hydrazone groups is 1. The molecule has 0 spiro atoms. The van der Waals surface area contributed by atoms with E-state index >= 15 is 0 Å². The van der Waals surface area contributed by atoms with Crippen LogP contribution in [0.15, 0.2) is 74.8 Å². The van der Waals surface area contributed by atoms with Crippen LogP contribution in [-0.4, -0.2) is 47.3 Å². The van der Waals surface area contributed by atoms with Gasteiger partial charge in [-0.1, -0.05) is 29.5 Å². The molecule has 17 heteroatoms. The number of rotatable bonds is 8. The van der Waals surface area contributed by atoms with Gasteiger partial charge in [-0.3, -0.25) is 25.0 Å². The van der Waals surface area contributed by atoms with Crippen molar-refractivity contribution in [2.45, 2.75) is 0 Å². The van der Waals surface area contributed by atoms with Gasteiger partial charge in [-0.2, -0.15) is 9.78 Å². The molecule has 194 valence electrons. The molecule has 0 fully saturated rings. The van der Waals surface area contributed by atoms with Crippen LogP contribution in [0.3, 0.4) is 0 Å². The molecule has 2 aromatic carbocycles. The Morgan fingerprint density at radius 3 is 2.36 bits per heavy atom. The standard InChI is InChI=1S/C22H14N10O7/c23-20-21(28-39-27-20)30-19(13-4-2-6-15(10-13)32(36)37)18(25-29-30)22(33)26-24-11-16-7-8-17(38-16)12-3-1-5-14(9-12)31(34)35/h1-11H,(H2,23,27)(H,26,33)/b24-11+. The van der Waals surface area contributed by atoms with E-state index in [1.807, 2.05) is 0 Å². The molecule has 1 amide bonds. The summed E-state index contributed by atoms with van der Waals surface area (Å²) in [7, 11) is 0. The maximum absolute atomic E-state index is 13.0. The van der Waals surface area contributed by atoms with Crippen molar-refractivity contribution in [1.82, 2.24) is 30.7 Å². The minimum absolute atomic E-state index is 0.0137. The van der Waals surface area contributed by atoms with Crippen LogP contribution in [0, 0.1) is 20.2 Å². The van der Waals surface area contributed by atoms with Gasteiger partial charge in [-0.15, -0.1) is 5.10 Å². The molecule has 0 aliphatic rings. The fourth-order valence-corrected chi connectivity index (χ4v) is 3.50. The van der Waals surface area contributed by atoms with Crippen molar-refractivity contribution in [3.8, 4) is 28.4 Å². The first kappa shape index (κ1) is 24.4. The number of benzene rings is 2. The predicted molar refractivity (Wildman–Crippen MR) is 132 cm³/mol. The van der Waals surface area contributed by atoms with Crippen LogP contribution < -0.4 is 11.2 Å². The number of furan rings is 1. The Morgan fingerprint density at radius 1 is 1.00 bits per heavy atom. The van der Waals surface area contributed by atoms with Gasteiger partial charge in [0.05, 0.1) is 16.1 Å². The Bertz CT molecular complexity index is 1750. The largest absolute Gasteiger partial charge is 0.455 e. The number of aromatic nitrogens is 5. The van der Waals surface area contributed by atoms with Crippen molar-refractivity contribution in [2.75, 3.05) is 5.73 Å². The van der Waals surface area contributed by atoms with E-state index in [9.17, 15) is 25.0 Å². The second-order valence-electron chi connectivity index (χ2n) is 7.69. The molecule has 0 saturated carbocycles. The number of non-ortho nitro benzene ring substituents is 2. The fourth-order valence-electron chi connectivity index (χ4n) is 3.50. The Hall–Kier alpha value is -6.26. The first-order valence-corrected chi connectivity index (χ1v) is 10.8. The lowest BCUT2D eigenvalue weighted by Gasteiger charge is -2.05. The van der Waals surface area contributed by atoms with E-state index < -0.39 is 15.8 Å². The number of carbonyl (C=O) groups excluding carboxylic acids is 1. The monoisotopic (exact) mass is 530 g/mol. The summed E-state index contributed by atoms with van der Waals surface area (Å²) in [4.78, 5) is 34.2. The lowest BCUT2D eigenvalue weighted by atomic mass is 10.1. The van der Waals surface area contributed by atoms with E-state index in [2.05, 4.69) is 35.8 Å². The van der Waals surface area contributed by atoms with Gasteiger partial charge in [-0.25, -0.2) is 10.1 Å². The van der Waals surface area contributed by atoms with E-state index in [0.29, 0.717) is 11.3 Å². The van der Waals surface area contributed by atoms with Gasteiger partial charge in [0, 0.05) is 35.4 Å². The van der Waals surface area contributed by atoms with Gasteiger partial charge in [0.15, 0.2) is 5.69 Å². The quantitative estimate of drug-likeness (QED) is 0.167. The highest BCUT2D eigenvalue weighted by Crippen LogP contribution is 2.29. The Morgan fingerprint density at radius 2 is 1.69 bits per heavy atom. The van der Waals surface area contributed by atoms with Crippen LogP contribution in [0.25, 0.3) is 28.4 Å². The summed E-state index contributed by atoms with van der Waals surface area (Å²) in [5, 5.41) is 41.1. The molecule has 0 radical (unpaired) electrons. The summed E-state index contributed by atoms with van der Waals surface area (Å²) in [5.74, 6) is -0.480. The molecule has 0 atom stereocenters. The van der Waals surface area contributed by atoms with Gasteiger partial charge in [0.2, 0.25) is 11.6 Å². The van der Waals surface area contributed by atoms with Crippen LogP contribution in [-0.2, 0) is 0 Å². The number of anilines is 1. The zero-order valence-electron chi connectivity index (χ0n) is 19.4. The number of nitrogen functional groups attached to an aromatic ring is 1. The number of nitrogens with two attached hydrogens (primary N) is 1. The van der Waals surface area contributed by atoms with E-state index in [0.717, 1.165) is 4.68 Å². The molecule has 0 saturated heterocycles. The average Bonchev–Trinajstić information content (AvgIpc) is 3.68. The van der Waals surface area contributed by atoms with Gasteiger partial charge in [-0.05, 0) is 22.4 Å². The molecule has 0 unspecified atom stereocenters. The lowest BCUT2D eigenvalue weighted by Crippen LogP contribution is -2.19. The highest BCUT2D eigenvalue weighted by atomic mass is 16.6. The number of nitro groups is 2. The zero-order chi connectivity index (χ0) is 27.5. The normalized spacial score (nSPS) is 11.1. The molecule has 17 nitrogen and oxygen atoms in total. The molecule has 0 aliphatic heterocycles. The van der Waals surface area contributed by atoms with Crippen molar-refractivity contribution in [2.24, 2.45) is 5.10 Å². The van der Waals surface area contributed by atoms with E-state index in [-0.39, 0.29) is 45.7 Å². The summed E-state index contributed by atoms with van der Waals surface area (Å²) in [6.45, 7) is 0. The van der Waals surface area contributed by atoms with Gasteiger partial charge < -0.3 is 10.2 Å². The third kappa shape index (κ3) is 4.89. The fraction of sp³-hybridized carbons (Fsp3) is 0. The molecule has 0 aliphatic carbocycles. The topological polar surface area (TPSA) is 237 Å². The number of nitro benzene ring substituents is 2. The molecule has 5 aromatic rings. The van der Waals surface area contributed by atoms with Crippen molar-refractivity contribution in [3.63, 3.8) is 0 Å². The lowest BCUT2D eigenvalue weighted by molar-refractivity contribution is -0.385. The van der Waals surface area contributed by atoms with Crippen LogP contribution in [0.1, 0.15) is 16.2 Å². The molecule has 0 bridgehead atoms. The second-order valence-corrected chi connectivity index (χ2v) is 7.69. The van der Waals surface area contributed by atoms with Crippen LogP contribution in [0.5, 0.6) is 0 Å². The minimum Gasteiger partial charge on any atom is -0.455 e. The first-order chi connectivity index (χ1) is 18.8. The van der Waals surface area contributed by atoms with E-state index in [1.54, 1.807) is 18.2 Å². The first-order valence-electron chi connectivity index (χ1n) is 10.8. The minimum atomic E-state index is -0.820. The summed E-state index contributed by atoms with van der Waals surface area (Å²) in [6.07, 6.45) is 1.20. The van der Waals surface area contributed by atoms with Crippen molar-refractivity contribution in [1.29, 1.82) is 0 Å². The molecule has 39 heavy (non-hydrogen) atoms. The third-order valence-corrected chi connectivity index (χ3v) is 5.24. The molecule has 5 rings (SSSR count). The number of hydrogen-bond donors (Lipinski definition) is 2. The van der Waals surface area contributed by atoms with Crippen molar-refractivity contribution in [3.05, 3.63) is 92.3 Å². The number of amides is 1. The smallest absolute Gasteiger partial charge is 0.294 e. The number of hydrogen-bond acceptors (Lipinski definition) is 13. The number of nitrogens with zero attached hydrogens (tertiary/aromatic N) is 8. The van der Waals surface area contributed by atoms with E-state index in [4.69, 9.17) is 10.2 Å². The maximum Gasteiger partial charge on any atom is 0.294 e. The SMILES string of the molecule is Nc1nonc1-n1nnc(C(=O)N/N=C/c2ccc(-c3cccc([N+](=O)[O-])c3)o2)c1-c1cccc([N+](=O)[O-])c1. The van der Waals surface area contributed by atoms with Crippen LogP contribution in [0.4, 0.5) is 17.2 Å². The van der Waals surface area contributed by atoms with Gasteiger partial charge in [0.1, 0.15) is 17.2 Å². The highest BCUT2D eigenvalue weighted by Gasteiger charge is 2.26. The average molecular weight is 530 g/mol. The molecule has 3 N–H and O–H groups in total.